The fourth-order valence-electron chi connectivity index (χ4n) is 6.43. The molecule has 0 N–H and O–H groups in total. The van der Waals surface area contributed by atoms with E-state index in [2.05, 4.69) is 65.9 Å². The van der Waals surface area contributed by atoms with E-state index in [0.717, 1.165) is 37.1 Å². The molecule has 0 unspecified atom stereocenters. The summed E-state index contributed by atoms with van der Waals surface area (Å²) in [5.74, 6) is 1.48. The molecule has 31 heavy (non-hydrogen) atoms. The molecule has 0 bridgehead atoms. The second-order valence-electron chi connectivity index (χ2n) is 9.50. The molecular weight excluding hydrogens is 386 g/mol. The minimum atomic E-state index is -0.391. The van der Waals surface area contributed by atoms with E-state index >= 15 is 0 Å². The Hall–Kier alpha value is -2.50. The van der Waals surface area contributed by atoms with Gasteiger partial charge in [0.1, 0.15) is 5.82 Å². The molecule has 2 fully saturated rings. The molecule has 0 amide bonds. The minimum absolute atomic E-state index is 0.0232. The Balaban J connectivity index is 1.51. The van der Waals surface area contributed by atoms with Crippen molar-refractivity contribution in [2.75, 3.05) is 13.2 Å². The summed E-state index contributed by atoms with van der Waals surface area (Å²) in [6.07, 6.45) is 7.82. The van der Waals surface area contributed by atoms with Crippen LogP contribution < -0.4 is 0 Å². The van der Waals surface area contributed by atoms with Gasteiger partial charge in [0.25, 0.3) is 0 Å². The molecule has 1 aromatic carbocycles. The number of ether oxygens (including phenoxy) is 2. The third-order valence-corrected chi connectivity index (χ3v) is 8.04. The lowest BCUT2D eigenvalue weighted by Gasteiger charge is -2.53. The maximum absolute atomic E-state index is 6.19. The summed E-state index contributed by atoms with van der Waals surface area (Å²) < 4.78 is 14.8. The van der Waals surface area contributed by atoms with Crippen molar-refractivity contribution in [2.45, 2.75) is 50.7 Å². The van der Waals surface area contributed by atoms with Gasteiger partial charge in [-0.25, -0.2) is 4.98 Å². The summed E-state index contributed by atoms with van der Waals surface area (Å²) >= 11 is 0. The highest BCUT2D eigenvalue weighted by Crippen LogP contribution is 2.57. The van der Waals surface area contributed by atoms with E-state index < -0.39 is 5.79 Å². The molecule has 6 rings (SSSR count). The van der Waals surface area contributed by atoms with Crippen LogP contribution in [0, 0.1) is 11.8 Å². The lowest BCUT2D eigenvalue weighted by atomic mass is 9.55. The van der Waals surface area contributed by atoms with Crippen molar-refractivity contribution in [3.8, 4) is 17.1 Å². The summed E-state index contributed by atoms with van der Waals surface area (Å²) in [6, 6.07) is 14.8. The van der Waals surface area contributed by atoms with E-state index in [0.29, 0.717) is 25.0 Å². The van der Waals surface area contributed by atoms with Gasteiger partial charge >= 0.3 is 0 Å². The number of para-hydroxylation sites is 1. The first-order valence-corrected chi connectivity index (χ1v) is 11.5. The van der Waals surface area contributed by atoms with E-state index in [1.807, 2.05) is 12.4 Å². The Kier molecular flexibility index (Phi) is 4.34. The van der Waals surface area contributed by atoms with E-state index in [4.69, 9.17) is 14.5 Å². The van der Waals surface area contributed by atoms with E-state index in [1.165, 1.54) is 17.1 Å². The van der Waals surface area contributed by atoms with Crippen LogP contribution in [-0.4, -0.2) is 33.5 Å². The molecule has 160 valence electrons. The van der Waals surface area contributed by atoms with E-state index in [9.17, 15) is 0 Å². The largest absolute Gasteiger partial charge is 0.347 e. The quantitative estimate of drug-likeness (QED) is 0.596. The molecule has 2 aromatic heterocycles. The monoisotopic (exact) mass is 415 g/mol. The molecule has 0 radical (unpaired) electrons. The van der Waals surface area contributed by atoms with Crippen molar-refractivity contribution < 1.29 is 9.47 Å². The lowest BCUT2D eigenvalue weighted by Crippen LogP contribution is -2.55. The average Bonchev–Trinajstić information content (AvgIpc) is 3.45. The number of fused-ring (bicyclic) bond motifs is 3. The summed E-state index contributed by atoms with van der Waals surface area (Å²) in [5, 5.41) is 0. The summed E-state index contributed by atoms with van der Waals surface area (Å²) in [7, 11) is 0. The van der Waals surface area contributed by atoms with Crippen LogP contribution >= 0.6 is 0 Å². The van der Waals surface area contributed by atoms with Gasteiger partial charge in [0.05, 0.1) is 18.9 Å². The number of pyridine rings is 1. The normalized spacial score (nSPS) is 29.0. The summed E-state index contributed by atoms with van der Waals surface area (Å²) in [6.45, 7) is 6.19. The number of hydrogen-bond acceptors (Lipinski definition) is 4. The summed E-state index contributed by atoms with van der Waals surface area (Å²) in [4.78, 5) is 9.58. The molecule has 5 heteroatoms. The first-order valence-electron chi connectivity index (χ1n) is 11.5. The molecule has 5 nitrogen and oxygen atoms in total. The predicted octanol–water partition coefficient (Wildman–Crippen LogP) is 4.93. The number of nitrogens with zero attached hydrogens (tertiary/aromatic N) is 3. The first kappa shape index (κ1) is 19.2. The number of imidazole rings is 1. The zero-order chi connectivity index (χ0) is 21.1. The van der Waals surface area contributed by atoms with E-state index in [1.54, 1.807) is 0 Å². The minimum Gasteiger partial charge on any atom is -0.347 e. The second-order valence-corrected chi connectivity index (χ2v) is 9.50. The standard InChI is InChI=1S/C26H29N3O2/c1-18-21-8-9-22-23(25(21,2)12-13-26(18)30-16-17-31-26)28-24(19-10-14-27-15-11-19)29(22)20-6-4-3-5-7-20/h3-7,10-11,14-15,18,21H,8-9,12-13,16-17H2,1-2H3/t18-,21-,25-/m0/s1. The van der Waals surface area contributed by atoms with Gasteiger partial charge in [-0.1, -0.05) is 32.0 Å². The van der Waals surface area contributed by atoms with E-state index in [-0.39, 0.29) is 5.41 Å². The molecule has 1 saturated heterocycles. The molecule has 1 spiro atoms. The lowest BCUT2D eigenvalue weighted by molar-refractivity contribution is -0.234. The van der Waals surface area contributed by atoms with Crippen LogP contribution in [0.15, 0.2) is 54.9 Å². The number of rotatable bonds is 2. The third-order valence-electron chi connectivity index (χ3n) is 8.04. The van der Waals surface area contributed by atoms with Crippen LogP contribution in [0.4, 0.5) is 0 Å². The van der Waals surface area contributed by atoms with Crippen molar-refractivity contribution >= 4 is 0 Å². The highest BCUT2D eigenvalue weighted by atomic mass is 16.7. The molecule has 1 saturated carbocycles. The van der Waals surface area contributed by atoms with Gasteiger partial charge < -0.3 is 9.47 Å². The fourth-order valence-corrected chi connectivity index (χ4v) is 6.43. The Labute approximate surface area is 183 Å². The van der Waals surface area contributed by atoms with Gasteiger partial charge in [-0.05, 0) is 49.4 Å². The van der Waals surface area contributed by atoms with Crippen LogP contribution in [-0.2, 0) is 21.3 Å². The highest BCUT2D eigenvalue weighted by Gasteiger charge is 2.58. The number of aromatic nitrogens is 3. The van der Waals surface area contributed by atoms with Gasteiger partial charge in [0.15, 0.2) is 5.79 Å². The molecule has 2 aliphatic carbocycles. The zero-order valence-corrected chi connectivity index (χ0v) is 18.3. The molecule has 3 heterocycles. The average molecular weight is 416 g/mol. The van der Waals surface area contributed by atoms with Gasteiger partial charge in [-0.2, -0.15) is 0 Å². The highest BCUT2D eigenvalue weighted by molar-refractivity contribution is 5.61. The molecule has 3 atom stereocenters. The molecule has 1 aliphatic heterocycles. The fraction of sp³-hybridized carbons (Fsp3) is 0.462. The van der Waals surface area contributed by atoms with Crippen LogP contribution in [0.5, 0.6) is 0 Å². The Morgan fingerprint density at radius 3 is 2.48 bits per heavy atom. The zero-order valence-electron chi connectivity index (χ0n) is 18.3. The molecule has 3 aromatic rings. The van der Waals surface area contributed by atoms with Gasteiger partial charge in [-0.3, -0.25) is 9.55 Å². The van der Waals surface area contributed by atoms with Gasteiger partial charge in [-0.15, -0.1) is 0 Å². The van der Waals surface area contributed by atoms with Crippen molar-refractivity contribution in [3.05, 3.63) is 66.2 Å². The van der Waals surface area contributed by atoms with Crippen molar-refractivity contribution in [2.24, 2.45) is 11.8 Å². The topological polar surface area (TPSA) is 49.2 Å². The van der Waals surface area contributed by atoms with Crippen molar-refractivity contribution in [1.82, 2.24) is 14.5 Å². The van der Waals surface area contributed by atoms with Gasteiger partial charge in [0, 0.05) is 47.1 Å². The maximum atomic E-state index is 6.19. The smallest absolute Gasteiger partial charge is 0.171 e. The number of benzene rings is 1. The van der Waals surface area contributed by atoms with Crippen molar-refractivity contribution in [3.63, 3.8) is 0 Å². The molecule has 3 aliphatic rings. The first-order chi connectivity index (χ1) is 15.1. The maximum Gasteiger partial charge on any atom is 0.171 e. The Morgan fingerprint density at radius 2 is 1.74 bits per heavy atom. The third kappa shape index (κ3) is 2.76. The number of hydrogen-bond donors (Lipinski definition) is 0. The van der Waals surface area contributed by atoms with Gasteiger partial charge in [0.2, 0.25) is 0 Å². The Morgan fingerprint density at radius 1 is 1.00 bits per heavy atom. The van der Waals surface area contributed by atoms with Crippen LogP contribution in [0.2, 0.25) is 0 Å². The SMILES string of the molecule is C[C@H]1[C@@H]2CCc3c(nc(-c4ccncc4)n3-c3ccccc3)[C@@]2(C)CCC12OCCO2. The van der Waals surface area contributed by atoms with Crippen LogP contribution in [0.25, 0.3) is 17.1 Å². The summed E-state index contributed by atoms with van der Waals surface area (Å²) in [5.41, 5.74) is 4.92. The molecular formula is C26H29N3O2. The van der Waals surface area contributed by atoms with Crippen LogP contribution in [0.1, 0.15) is 44.5 Å². The predicted molar refractivity (Wildman–Crippen MR) is 119 cm³/mol. The van der Waals surface area contributed by atoms with Crippen molar-refractivity contribution in [1.29, 1.82) is 0 Å². The Bertz CT molecular complexity index is 1090. The van der Waals surface area contributed by atoms with Crippen LogP contribution in [0.3, 0.4) is 0 Å². The second kappa shape index (κ2) is 7.01.